The first-order valence-corrected chi connectivity index (χ1v) is 10.7. The van der Waals surface area contributed by atoms with Gasteiger partial charge in [-0.25, -0.2) is 4.98 Å². The summed E-state index contributed by atoms with van der Waals surface area (Å²) >= 11 is 6.48. The van der Waals surface area contributed by atoms with Gasteiger partial charge in [-0.3, -0.25) is 14.5 Å². The smallest absolute Gasteiger partial charge is 0.365 e. The number of pyridine rings is 1. The van der Waals surface area contributed by atoms with Crippen molar-refractivity contribution in [3.63, 3.8) is 0 Å². The average Bonchev–Trinajstić information content (AvgIpc) is 3.06. The summed E-state index contributed by atoms with van der Waals surface area (Å²) in [5.74, 6) is -1.52. The highest BCUT2D eigenvalue weighted by atomic mass is 35.5. The number of para-hydroxylation sites is 1. The molecule has 0 saturated carbocycles. The summed E-state index contributed by atoms with van der Waals surface area (Å²) in [6, 6.07) is 5.91. The van der Waals surface area contributed by atoms with E-state index in [0.29, 0.717) is 29.5 Å². The van der Waals surface area contributed by atoms with Crippen LogP contribution >= 0.6 is 11.6 Å². The summed E-state index contributed by atoms with van der Waals surface area (Å²) in [6.45, 7) is 5.93. The van der Waals surface area contributed by atoms with Crippen LogP contribution in [-0.4, -0.2) is 43.0 Å². The van der Waals surface area contributed by atoms with E-state index in [0.717, 1.165) is 17.0 Å². The Bertz CT molecular complexity index is 1140. The summed E-state index contributed by atoms with van der Waals surface area (Å²) in [7, 11) is 1.57. The van der Waals surface area contributed by atoms with Crippen LogP contribution in [0.2, 0.25) is 5.02 Å². The van der Waals surface area contributed by atoms with Crippen molar-refractivity contribution in [1.29, 1.82) is 0 Å². The number of carbonyl (C=O) groups excluding carboxylic acids is 2. The number of hydrogen-bond donors (Lipinski definition) is 0. The first-order valence-electron chi connectivity index (χ1n) is 10.3. The maximum Gasteiger partial charge on any atom is 0.416 e. The van der Waals surface area contributed by atoms with Crippen molar-refractivity contribution in [1.82, 2.24) is 4.98 Å². The van der Waals surface area contributed by atoms with Gasteiger partial charge in [-0.15, -0.1) is 6.58 Å². The number of aryl methyl sites for hydroxylation is 1. The van der Waals surface area contributed by atoms with Gasteiger partial charge in [0.2, 0.25) is 11.8 Å². The topological polar surface area (TPSA) is 56.8 Å². The second-order valence-electron chi connectivity index (χ2n) is 8.22. The summed E-state index contributed by atoms with van der Waals surface area (Å²) in [4.78, 5) is 35.3. The van der Waals surface area contributed by atoms with Crippen LogP contribution in [-0.2, 0) is 15.8 Å². The van der Waals surface area contributed by atoms with Gasteiger partial charge in [0.1, 0.15) is 11.9 Å². The lowest BCUT2D eigenvalue weighted by molar-refractivity contribution is -0.137. The largest absolute Gasteiger partial charge is 0.416 e. The third-order valence-electron chi connectivity index (χ3n) is 5.98. The molecule has 1 fully saturated rings. The zero-order valence-electron chi connectivity index (χ0n) is 18.1. The third kappa shape index (κ3) is 4.06. The molecule has 0 radical (unpaired) electrons. The molecule has 0 bridgehead atoms. The lowest BCUT2D eigenvalue weighted by atomic mass is 9.95. The number of hydrogen-bond acceptors (Lipinski definition) is 4. The Kier molecular flexibility index (Phi) is 5.86. The van der Waals surface area contributed by atoms with Crippen molar-refractivity contribution in [2.24, 2.45) is 5.92 Å². The number of nitrogens with zero attached hydrogens (tertiary/aromatic N) is 4. The van der Waals surface area contributed by atoms with Gasteiger partial charge in [0.25, 0.3) is 0 Å². The summed E-state index contributed by atoms with van der Waals surface area (Å²) in [5.41, 5.74) is 0.374. The standard InChI is InChI=1S/C23H22ClF3N4O2/c1-4-8-30-12-14-10-19(32)31(18-11-15(23(25,26)27)9-13(2)28-18)20(14)22(33)29(3)17-7-5-6-16(24)21(17)30/h4-7,9,11,14,20H,1,8,10,12H2,2-3H3/t14?,20-/m0/s1. The Morgan fingerprint density at radius 2 is 2.00 bits per heavy atom. The second-order valence-corrected chi connectivity index (χ2v) is 8.63. The fourth-order valence-electron chi connectivity index (χ4n) is 4.59. The van der Waals surface area contributed by atoms with Crippen LogP contribution in [0.15, 0.2) is 43.0 Å². The zero-order valence-corrected chi connectivity index (χ0v) is 18.8. The Balaban J connectivity index is 1.84. The number of likely N-dealkylation sites (N-methyl/N-ethyl adjacent to an activating group) is 1. The molecule has 1 aromatic carbocycles. The van der Waals surface area contributed by atoms with Crippen LogP contribution in [0.5, 0.6) is 0 Å². The van der Waals surface area contributed by atoms with E-state index in [1.54, 1.807) is 31.3 Å². The van der Waals surface area contributed by atoms with E-state index in [2.05, 4.69) is 11.6 Å². The predicted octanol–water partition coefficient (Wildman–Crippen LogP) is 4.45. The van der Waals surface area contributed by atoms with Gasteiger partial charge in [0.15, 0.2) is 0 Å². The van der Waals surface area contributed by atoms with Crippen molar-refractivity contribution in [3.8, 4) is 0 Å². The van der Waals surface area contributed by atoms with Crippen LogP contribution in [0, 0.1) is 12.8 Å². The average molecular weight is 479 g/mol. The number of amides is 2. The molecule has 3 heterocycles. The van der Waals surface area contributed by atoms with Crippen molar-refractivity contribution >= 4 is 40.6 Å². The Labute approximate surface area is 194 Å². The van der Waals surface area contributed by atoms with E-state index >= 15 is 0 Å². The van der Waals surface area contributed by atoms with Gasteiger partial charge in [-0.1, -0.05) is 23.7 Å². The fourth-order valence-corrected chi connectivity index (χ4v) is 4.87. The SMILES string of the molecule is C=CCN1CC2CC(=O)N(c3cc(C(F)(F)F)cc(C)n3)[C@@H]2C(=O)N(C)c2cccc(Cl)c21. The molecule has 0 N–H and O–H groups in total. The molecule has 2 aliphatic heterocycles. The van der Waals surface area contributed by atoms with E-state index in [-0.39, 0.29) is 17.9 Å². The number of carbonyl (C=O) groups is 2. The van der Waals surface area contributed by atoms with Gasteiger partial charge in [-0.2, -0.15) is 13.2 Å². The monoisotopic (exact) mass is 478 g/mol. The molecular weight excluding hydrogens is 457 g/mol. The highest BCUT2D eigenvalue weighted by Gasteiger charge is 2.49. The molecule has 2 amide bonds. The maximum absolute atomic E-state index is 13.6. The molecule has 2 atom stereocenters. The molecule has 6 nitrogen and oxygen atoms in total. The second kappa shape index (κ2) is 8.37. The number of rotatable bonds is 3. The molecule has 174 valence electrons. The summed E-state index contributed by atoms with van der Waals surface area (Å²) in [5, 5.41) is 0.448. The first kappa shape index (κ1) is 23.1. The van der Waals surface area contributed by atoms with E-state index < -0.39 is 35.5 Å². The summed E-state index contributed by atoms with van der Waals surface area (Å²) < 4.78 is 40.3. The highest BCUT2D eigenvalue weighted by molar-refractivity contribution is 6.34. The van der Waals surface area contributed by atoms with Gasteiger partial charge in [-0.05, 0) is 31.2 Å². The van der Waals surface area contributed by atoms with E-state index in [1.165, 1.54) is 11.8 Å². The number of benzene rings is 1. The molecule has 1 unspecified atom stereocenters. The van der Waals surface area contributed by atoms with Gasteiger partial charge in [0.05, 0.1) is 22.0 Å². The third-order valence-corrected chi connectivity index (χ3v) is 6.28. The van der Waals surface area contributed by atoms with E-state index in [1.807, 2.05) is 4.90 Å². The molecule has 1 saturated heterocycles. The number of halogens is 4. The quantitative estimate of drug-likeness (QED) is 0.611. The molecule has 0 aliphatic carbocycles. The maximum atomic E-state index is 13.6. The molecule has 1 aromatic heterocycles. The van der Waals surface area contributed by atoms with Crippen LogP contribution < -0.4 is 14.7 Å². The Hall–Kier alpha value is -3.07. The zero-order chi connectivity index (χ0) is 24.1. The minimum atomic E-state index is -4.61. The Morgan fingerprint density at radius 1 is 1.27 bits per heavy atom. The van der Waals surface area contributed by atoms with E-state index in [4.69, 9.17) is 11.6 Å². The fraction of sp³-hybridized carbons (Fsp3) is 0.348. The molecule has 10 heteroatoms. The van der Waals surface area contributed by atoms with Crippen LogP contribution in [0.4, 0.5) is 30.4 Å². The Morgan fingerprint density at radius 3 is 2.67 bits per heavy atom. The van der Waals surface area contributed by atoms with Gasteiger partial charge in [0, 0.05) is 38.2 Å². The van der Waals surface area contributed by atoms with Gasteiger partial charge >= 0.3 is 6.18 Å². The van der Waals surface area contributed by atoms with Crippen molar-refractivity contribution in [3.05, 3.63) is 59.3 Å². The number of fused-ring (bicyclic) bond motifs is 2. The molecule has 0 spiro atoms. The highest BCUT2D eigenvalue weighted by Crippen LogP contribution is 2.42. The first-order chi connectivity index (χ1) is 15.5. The van der Waals surface area contributed by atoms with Crippen LogP contribution in [0.1, 0.15) is 17.7 Å². The lowest BCUT2D eigenvalue weighted by Crippen LogP contribution is -2.52. The minimum absolute atomic E-state index is 0.00531. The molecule has 2 aliphatic rings. The molecule has 4 rings (SSSR count). The van der Waals surface area contributed by atoms with Crippen LogP contribution in [0.3, 0.4) is 0 Å². The lowest BCUT2D eigenvalue weighted by Gasteiger charge is -2.38. The molecule has 2 aromatic rings. The van der Waals surface area contributed by atoms with Gasteiger partial charge < -0.3 is 9.80 Å². The van der Waals surface area contributed by atoms with Crippen molar-refractivity contribution in [2.75, 3.05) is 34.8 Å². The van der Waals surface area contributed by atoms with E-state index in [9.17, 15) is 22.8 Å². The number of anilines is 3. The minimum Gasteiger partial charge on any atom is -0.365 e. The summed E-state index contributed by atoms with van der Waals surface area (Å²) in [6.07, 6.45) is -2.92. The predicted molar refractivity (Wildman–Crippen MR) is 121 cm³/mol. The number of alkyl halides is 3. The number of aromatic nitrogens is 1. The van der Waals surface area contributed by atoms with Crippen molar-refractivity contribution < 1.29 is 22.8 Å². The molecule has 33 heavy (non-hydrogen) atoms. The van der Waals surface area contributed by atoms with Crippen LogP contribution in [0.25, 0.3) is 0 Å². The molecular formula is C23H22ClF3N4O2. The van der Waals surface area contributed by atoms with Crippen molar-refractivity contribution in [2.45, 2.75) is 25.6 Å². The normalized spacial score (nSPS) is 21.0.